The lowest BCUT2D eigenvalue weighted by atomic mass is 10.1. The van der Waals surface area contributed by atoms with E-state index in [0.29, 0.717) is 23.9 Å². The molecule has 2 rings (SSSR count). The summed E-state index contributed by atoms with van der Waals surface area (Å²) in [4.78, 5) is 23.2. The Kier molecular flexibility index (Phi) is 7.66. The highest BCUT2D eigenvalue weighted by molar-refractivity contribution is 8.00. The molecule has 0 aliphatic rings. The van der Waals surface area contributed by atoms with E-state index in [1.807, 2.05) is 38.2 Å². The van der Waals surface area contributed by atoms with E-state index in [0.717, 1.165) is 17.7 Å². The Labute approximate surface area is 162 Å². The predicted molar refractivity (Wildman–Crippen MR) is 104 cm³/mol. The first-order valence-electron chi connectivity index (χ1n) is 8.64. The van der Waals surface area contributed by atoms with Crippen LogP contribution in [0.2, 0.25) is 0 Å². The maximum Gasteiger partial charge on any atom is 0.233 e. The monoisotopic (exact) mass is 391 g/mol. The third kappa shape index (κ3) is 6.28. The minimum atomic E-state index is -0.378. The second-order valence-electron chi connectivity index (χ2n) is 6.07. The second-order valence-corrected chi connectivity index (χ2v) is 7.38. The van der Waals surface area contributed by atoms with Gasteiger partial charge in [-0.2, -0.15) is 0 Å². The highest BCUT2D eigenvalue weighted by Crippen LogP contribution is 2.21. The number of nitrogens with two attached hydrogens (primary N) is 1. The van der Waals surface area contributed by atoms with Gasteiger partial charge in [-0.1, -0.05) is 23.9 Å². The predicted octanol–water partition coefficient (Wildman–Crippen LogP) is 1.08. The van der Waals surface area contributed by atoms with Crippen LogP contribution in [0, 0.1) is 0 Å². The van der Waals surface area contributed by atoms with Gasteiger partial charge in [0.05, 0.1) is 12.4 Å². The first-order chi connectivity index (χ1) is 12.9. The molecule has 2 aromatic rings. The molecule has 3 N–H and O–H groups in total. The van der Waals surface area contributed by atoms with Crippen LogP contribution in [-0.2, 0) is 29.5 Å². The van der Waals surface area contributed by atoms with Gasteiger partial charge in [0.1, 0.15) is 11.6 Å². The van der Waals surface area contributed by atoms with Crippen LogP contribution in [0.25, 0.3) is 0 Å². The summed E-state index contributed by atoms with van der Waals surface area (Å²) < 4.78 is 6.92. The standard InChI is InChI=1S/C18H25N5O3S/c1-12(27-18-22-21-16(23(18)2)9-8-15(19)24)17(25)20-11-10-13-4-6-14(26-3)7-5-13/h4-7,12H,8-11H2,1-3H3,(H2,19,24)(H,20,25)/t12-/m0/s1. The molecule has 8 nitrogen and oxygen atoms in total. The topological polar surface area (TPSA) is 112 Å². The normalized spacial score (nSPS) is 11.8. The molecule has 0 bridgehead atoms. The van der Waals surface area contributed by atoms with E-state index in [9.17, 15) is 9.59 Å². The zero-order valence-corrected chi connectivity index (χ0v) is 16.6. The number of nitrogens with zero attached hydrogens (tertiary/aromatic N) is 3. The first-order valence-corrected chi connectivity index (χ1v) is 9.52. The van der Waals surface area contributed by atoms with Crippen LogP contribution in [0.4, 0.5) is 0 Å². The van der Waals surface area contributed by atoms with Gasteiger partial charge in [-0.05, 0) is 31.0 Å². The molecule has 1 heterocycles. The summed E-state index contributed by atoms with van der Waals surface area (Å²) in [5.74, 6) is 1.04. The molecular weight excluding hydrogens is 366 g/mol. The zero-order valence-electron chi connectivity index (χ0n) is 15.8. The molecule has 0 fully saturated rings. The van der Waals surface area contributed by atoms with Crippen LogP contribution in [0.1, 0.15) is 24.7 Å². The van der Waals surface area contributed by atoms with E-state index in [-0.39, 0.29) is 23.5 Å². The van der Waals surface area contributed by atoms with Gasteiger partial charge in [0.2, 0.25) is 11.8 Å². The van der Waals surface area contributed by atoms with Crippen molar-refractivity contribution in [3.05, 3.63) is 35.7 Å². The third-order valence-corrected chi connectivity index (χ3v) is 5.18. The molecular formula is C18H25N5O3S. The van der Waals surface area contributed by atoms with Crippen LogP contribution >= 0.6 is 11.8 Å². The highest BCUT2D eigenvalue weighted by atomic mass is 32.2. The van der Waals surface area contributed by atoms with Crippen LogP contribution in [0.15, 0.2) is 29.4 Å². The number of ether oxygens (including phenoxy) is 1. The molecule has 1 aromatic carbocycles. The van der Waals surface area contributed by atoms with Crippen molar-refractivity contribution < 1.29 is 14.3 Å². The molecule has 0 radical (unpaired) electrons. The van der Waals surface area contributed by atoms with Crippen molar-refractivity contribution >= 4 is 23.6 Å². The van der Waals surface area contributed by atoms with E-state index in [1.165, 1.54) is 11.8 Å². The molecule has 0 unspecified atom stereocenters. The Morgan fingerprint density at radius 3 is 2.59 bits per heavy atom. The number of nitrogens with one attached hydrogen (secondary N) is 1. The maximum absolute atomic E-state index is 12.3. The zero-order chi connectivity index (χ0) is 19.8. The summed E-state index contributed by atoms with van der Waals surface area (Å²) >= 11 is 1.33. The van der Waals surface area contributed by atoms with Gasteiger partial charge in [0, 0.05) is 26.4 Å². The molecule has 0 saturated carbocycles. The smallest absolute Gasteiger partial charge is 0.233 e. The maximum atomic E-state index is 12.3. The van der Waals surface area contributed by atoms with Crippen molar-refractivity contribution in [2.75, 3.05) is 13.7 Å². The fraction of sp³-hybridized carbons (Fsp3) is 0.444. The number of hydrogen-bond donors (Lipinski definition) is 2. The van der Waals surface area contributed by atoms with E-state index < -0.39 is 0 Å². The number of thioether (sulfide) groups is 1. The lowest BCUT2D eigenvalue weighted by molar-refractivity contribution is -0.120. The minimum Gasteiger partial charge on any atom is -0.497 e. The summed E-state index contributed by atoms with van der Waals surface area (Å²) in [6, 6.07) is 7.77. The van der Waals surface area contributed by atoms with E-state index in [2.05, 4.69) is 15.5 Å². The summed E-state index contributed by atoms with van der Waals surface area (Å²) in [7, 11) is 3.44. The van der Waals surface area contributed by atoms with E-state index in [4.69, 9.17) is 10.5 Å². The average Bonchev–Trinajstić information content (AvgIpc) is 3.00. The second kappa shape index (κ2) is 9.96. The number of rotatable bonds is 10. The molecule has 1 atom stereocenters. The van der Waals surface area contributed by atoms with Crippen molar-refractivity contribution in [3.8, 4) is 5.75 Å². The number of primary amides is 1. The Morgan fingerprint density at radius 2 is 1.96 bits per heavy atom. The molecule has 27 heavy (non-hydrogen) atoms. The van der Waals surface area contributed by atoms with Crippen LogP contribution in [0.5, 0.6) is 5.75 Å². The van der Waals surface area contributed by atoms with Gasteiger partial charge in [0.15, 0.2) is 5.16 Å². The third-order valence-electron chi connectivity index (χ3n) is 4.04. The number of aryl methyl sites for hydroxylation is 1. The average molecular weight is 391 g/mol. The van der Waals surface area contributed by atoms with Gasteiger partial charge >= 0.3 is 0 Å². The van der Waals surface area contributed by atoms with Crippen LogP contribution in [0.3, 0.4) is 0 Å². The van der Waals surface area contributed by atoms with Gasteiger partial charge in [-0.15, -0.1) is 10.2 Å². The minimum absolute atomic E-state index is 0.0600. The number of amides is 2. The molecule has 2 amide bonds. The van der Waals surface area contributed by atoms with Gasteiger partial charge < -0.3 is 20.4 Å². The number of carbonyl (C=O) groups is 2. The fourth-order valence-corrected chi connectivity index (χ4v) is 3.24. The van der Waals surface area contributed by atoms with Gasteiger partial charge in [0.25, 0.3) is 0 Å². The molecule has 0 saturated heterocycles. The van der Waals surface area contributed by atoms with Crippen molar-refractivity contribution in [2.24, 2.45) is 12.8 Å². The molecule has 0 aliphatic carbocycles. The fourth-order valence-electron chi connectivity index (χ4n) is 2.38. The Balaban J connectivity index is 1.80. The lowest BCUT2D eigenvalue weighted by Gasteiger charge is -2.12. The number of hydrogen-bond acceptors (Lipinski definition) is 6. The Hall–Kier alpha value is -2.55. The number of methoxy groups -OCH3 is 1. The van der Waals surface area contributed by atoms with Crippen molar-refractivity contribution in [2.45, 2.75) is 36.6 Å². The van der Waals surface area contributed by atoms with E-state index >= 15 is 0 Å². The van der Waals surface area contributed by atoms with Gasteiger partial charge in [-0.3, -0.25) is 9.59 Å². The summed E-state index contributed by atoms with van der Waals surface area (Å²) in [6.45, 7) is 2.38. The lowest BCUT2D eigenvalue weighted by Crippen LogP contribution is -2.32. The SMILES string of the molecule is COc1ccc(CCNC(=O)[C@H](C)Sc2nnc(CCC(N)=O)n2C)cc1. The van der Waals surface area contributed by atoms with Crippen LogP contribution in [-0.4, -0.2) is 45.5 Å². The summed E-state index contributed by atoms with van der Waals surface area (Å²) in [6.07, 6.45) is 1.40. The Morgan fingerprint density at radius 1 is 1.26 bits per heavy atom. The molecule has 0 aliphatic heterocycles. The largest absolute Gasteiger partial charge is 0.497 e. The van der Waals surface area contributed by atoms with Crippen molar-refractivity contribution in [1.29, 1.82) is 0 Å². The van der Waals surface area contributed by atoms with Crippen LogP contribution < -0.4 is 15.8 Å². The Bertz CT molecular complexity index is 776. The first kappa shape index (κ1) is 20.8. The van der Waals surface area contributed by atoms with Crippen molar-refractivity contribution in [3.63, 3.8) is 0 Å². The molecule has 1 aromatic heterocycles. The number of aromatic nitrogens is 3. The van der Waals surface area contributed by atoms with Crippen molar-refractivity contribution in [1.82, 2.24) is 20.1 Å². The summed E-state index contributed by atoms with van der Waals surface area (Å²) in [5, 5.41) is 11.4. The molecule has 0 spiro atoms. The number of carbonyl (C=O) groups excluding carboxylic acids is 2. The molecule has 146 valence electrons. The summed E-state index contributed by atoms with van der Waals surface area (Å²) in [5.41, 5.74) is 6.29. The quantitative estimate of drug-likeness (QED) is 0.586. The highest BCUT2D eigenvalue weighted by Gasteiger charge is 2.18. The van der Waals surface area contributed by atoms with E-state index in [1.54, 1.807) is 11.7 Å². The molecule has 9 heteroatoms. The number of benzene rings is 1. The van der Waals surface area contributed by atoms with Gasteiger partial charge in [-0.25, -0.2) is 0 Å².